The molecule has 0 aliphatic carbocycles. The first-order valence-electron chi connectivity index (χ1n) is 7.94. The highest BCUT2D eigenvalue weighted by Gasteiger charge is 2.41. The Bertz CT molecular complexity index is 617. The maximum Gasteiger partial charge on any atom is 0.406 e. The first-order valence-corrected chi connectivity index (χ1v) is 7.94. The monoisotopic (exact) mass is 358 g/mol. The summed E-state index contributed by atoms with van der Waals surface area (Å²) in [7, 11) is 1.55. The molecule has 0 bridgehead atoms. The van der Waals surface area contributed by atoms with Crippen LogP contribution in [0.5, 0.6) is 5.75 Å². The van der Waals surface area contributed by atoms with Gasteiger partial charge in [0.25, 0.3) is 0 Å². The Morgan fingerprint density at radius 1 is 1.32 bits per heavy atom. The van der Waals surface area contributed by atoms with Gasteiger partial charge in [-0.3, -0.25) is 9.59 Å². The summed E-state index contributed by atoms with van der Waals surface area (Å²) in [6.07, 6.45) is -4.64. The second kappa shape index (κ2) is 7.76. The van der Waals surface area contributed by atoms with E-state index in [2.05, 4.69) is 0 Å². The number of likely N-dealkylation sites (tertiary alicyclic amines) is 1. The average molecular weight is 358 g/mol. The van der Waals surface area contributed by atoms with Crippen LogP contribution in [0, 0.1) is 12.8 Å². The summed E-state index contributed by atoms with van der Waals surface area (Å²) < 4.78 is 42.8. The molecule has 8 heteroatoms. The van der Waals surface area contributed by atoms with Gasteiger partial charge in [0, 0.05) is 20.0 Å². The van der Waals surface area contributed by atoms with E-state index in [-0.39, 0.29) is 32.0 Å². The maximum atomic E-state index is 12.4. The molecule has 1 atom stereocenters. The largest absolute Gasteiger partial charge is 0.492 e. The predicted molar refractivity (Wildman–Crippen MR) is 85.1 cm³/mol. The number of carbonyl (C=O) groups is 2. The third-order valence-electron chi connectivity index (χ3n) is 4.03. The standard InChI is InChI=1S/C17H21F3N2O3/c1-12-3-5-14(6-4-12)25-8-7-21(2)16(24)13-9-15(23)22(10-13)11-17(18,19)20/h3-6,13H,7-11H2,1-2H3. The van der Waals surface area contributed by atoms with E-state index in [1.54, 1.807) is 7.05 Å². The molecule has 1 aromatic carbocycles. The average Bonchev–Trinajstić information content (AvgIpc) is 2.87. The minimum Gasteiger partial charge on any atom is -0.492 e. The van der Waals surface area contributed by atoms with Gasteiger partial charge in [0.05, 0.1) is 12.5 Å². The number of alkyl halides is 3. The van der Waals surface area contributed by atoms with Crippen LogP contribution >= 0.6 is 0 Å². The van der Waals surface area contributed by atoms with Gasteiger partial charge in [-0.25, -0.2) is 0 Å². The van der Waals surface area contributed by atoms with Crippen LogP contribution in [0.25, 0.3) is 0 Å². The summed E-state index contributed by atoms with van der Waals surface area (Å²) in [4.78, 5) is 26.0. The van der Waals surface area contributed by atoms with E-state index in [0.29, 0.717) is 10.6 Å². The number of carbonyl (C=O) groups excluding carboxylic acids is 2. The molecular formula is C17H21F3N2O3. The van der Waals surface area contributed by atoms with Gasteiger partial charge in [-0.2, -0.15) is 13.2 Å². The third-order valence-corrected chi connectivity index (χ3v) is 4.03. The minimum atomic E-state index is -4.46. The zero-order chi connectivity index (χ0) is 18.6. The molecule has 1 fully saturated rings. The van der Waals surface area contributed by atoms with E-state index in [1.165, 1.54) is 4.90 Å². The lowest BCUT2D eigenvalue weighted by Crippen LogP contribution is -2.38. The molecule has 5 nitrogen and oxygen atoms in total. The van der Waals surface area contributed by atoms with Crippen molar-refractivity contribution in [3.63, 3.8) is 0 Å². The molecule has 25 heavy (non-hydrogen) atoms. The summed E-state index contributed by atoms with van der Waals surface area (Å²) in [6, 6.07) is 7.46. The van der Waals surface area contributed by atoms with Crippen molar-refractivity contribution in [3.8, 4) is 5.75 Å². The van der Waals surface area contributed by atoms with E-state index >= 15 is 0 Å². The second-order valence-corrected chi connectivity index (χ2v) is 6.21. The van der Waals surface area contributed by atoms with E-state index in [4.69, 9.17) is 4.74 Å². The van der Waals surface area contributed by atoms with Gasteiger partial charge in [-0.05, 0) is 19.1 Å². The van der Waals surface area contributed by atoms with E-state index in [1.807, 2.05) is 31.2 Å². The number of ether oxygens (including phenoxy) is 1. The van der Waals surface area contributed by atoms with Gasteiger partial charge in [-0.15, -0.1) is 0 Å². The van der Waals surface area contributed by atoms with Crippen LogP contribution in [-0.4, -0.2) is 61.1 Å². The lowest BCUT2D eigenvalue weighted by atomic mass is 10.1. The van der Waals surface area contributed by atoms with Crippen LogP contribution in [0.1, 0.15) is 12.0 Å². The number of nitrogens with zero attached hydrogens (tertiary/aromatic N) is 2. The zero-order valence-corrected chi connectivity index (χ0v) is 14.2. The number of halogens is 3. The number of likely N-dealkylation sites (N-methyl/N-ethyl adjacent to an activating group) is 1. The number of rotatable bonds is 6. The summed E-state index contributed by atoms with van der Waals surface area (Å²) in [5.41, 5.74) is 1.11. The lowest BCUT2D eigenvalue weighted by Gasteiger charge is -2.22. The first-order chi connectivity index (χ1) is 11.7. The Morgan fingerprint density at radius 3 is 2.56 bits per heavy atom. The molecule has 138 valence electrons. The fourth-order valence-corrected chi connectivity index (χ4v) is 2.66. The molecule has 2 rings (SSSR count). The van der Waals surface area contributed by atoms with Crippen LogP contribution < -0.4 is 4.74 Å². The number of amides is 2. The highest BCUT2D eigenvalue weighted by atomic mass is 19.4. The summed E-state index contributed by atoms with van der Waals surface area (Å²) in [5.74, 6) is -1.04. The van der Waals surface area contributed by atoms with Gasteiger partial charge in [0.15, 0.2) is 0 Å². The van der Waals surface area contributed by atoms with Crippen LogP contribution in [-0.2, 0) is 9.59 Å². The quantitative estimate of drug-likeness (QED) is 0.784. The van der Waals surface area contributed by atoms with Crippen molar-refractivity contribution in [1.82, 2.24) is 9.80 Å². The van der Waals surface area contributed by atoms with E-state index in [9.17, 15) is 22.8 Å². The second-order valence-electron chi connectivity index (χ2n) is 6.21. The Kier molecular flexibility index (Phi) is 5.92. The topological polar surface area (TPSA) is 49.9 Å². The lowest BCUT2D eigenvalue weighted by molar-refractivity contribution is -0.157. The van der Waals surface area contributed by atoms with E-state index in [0.717, 1.165) is 5.56 Å². The van der Waals surface area contributed by atoms with Crippen molar-refractivity contribution < 1.29 is 27.5 Å². The molecule has 1 aliphatic rings. The maximum absolute atomic E-state index is 12.4. The van der Waals surface area contributed by atoms with Gasteiger partial charge in [0.1, 0.15) is 18.9 Å². The predicted octanol–water partition coefficient (Wildman–Crippen LogP) is 2.24. The molecule has 0 N–H and O–H groups in total. The van der Waals surface area contributed by atoms with Crippen LogP contribution in [0.15, 0.2) is 24.3 Å². The van der Waals surface area contributed by atoms with Crippen molar-refractivity contribution >= 4 is 11.8 Å². The fourth-order valence-electron chi connectivity index (χ4n) is 2.66. The molecule has 2 amide bonds. The van der Waals surface area contributed by atoms with Crippen molar-refractivity contribution in [2.45, 2.75) is 19.5 Å². The summed E-state index contributed by atoms with van der Waals surface area (Å²) in [5, 5.41) is 0. The molecule has 1 aromatic rings. The number of benzene rings is 1. The van der Waals surface area contributed by atoms with Crippen LogP contribution in [0.4, 0.5) is 13.2 Å². The molecule has 1 unspecified atom stereocenters. The van der Waals surface area contributed by atoms with Crippen LogP contribution in [0.2, 0.25) is 0 Å². The van der Waals surface area contributed by atoms with Crippen molar-refractivity contribution in [3.05, 3.63) is 29.8 Å². The Hall–Kier alpha value is -2.25. The van der Waals surface area contributed by atoms with Crippen molar-refractivity contribution in [2.75, 3.05) is 33.3 Å². The van der Waals surface area contributed by atoms with Gasteiger partial charge < -0.3 is 14.5 Å². The Balaban J connectivity index is 1.79. The SMILES string of the molecule is Cc1ccc(OCCN(C)C(=O)C2CC(=O)N(CC(F)(F)F)C2)cc1. The van der Waals surface area contributed by atoms with Gasteiger partial charge in [0.2, 0.25) is 11.8 Å². The number of aryl methyl sites for hydroxylation is 1. The highest BCUT2D eigenvalue weighted by molar-refractivity contribution is 5.89. The molecule has 0 spiro atoms. The highest BCUT2D eigenvalue weighted by Crippen LogP contribution is 2.24. The molecule has 1 heterocycles. The molecule has 0 aromatic heterocycles. The zero-order valence-electron chi connectivity index (χ0n) is 14.2. The first kappa shape index (κ1) is 19.1. The van der Waals surface area contributed by atoms with Crippen LogP contribution in [0.3, 0.4) is 0 Å². The smallest absolute Gasteiger partial charge is 0.406 e. The van der Waals surface area contributed by atoms with Gasteiger partial charge >= 0.3 is 6.18 Å². The van der Waals surface area contributed by atoms with E-state index < -0.39 is 24.5 Å². The molecular weight excluding hydrogens is 337 g/mol. The minimum absolute atomic E-state index is 0.182. The molecule has 0 radical (unpaired) electrons. The molecule has 1 aliphatic heterocycles. The Morgan fingerprint density at radius 2 is 1.96 bits per heavy atom. The normalized spacial score (nSPS) is 17.7. The summed E-state index contributed by atoms with van der Waals surface area (Å²) in [6.45, 7) is 1.01. The molecule has 0 saturated carbocycles. The van der Waals surface area contributed by atoms with Crippen molar-refractivity contribution in [2.24, 2.45) is 5.92 Å². The van der Waals surface area contributed by atoms with Gasteiger partial charge in [-0.1, -0.05) is 17.7 Å². The third kappa shape index (κ3) is 5.65. The number of hydrogen-bond donors (Lipinski definition) is 0. The fraction of sp³-hybridized carbons (Fsp3) is 0.529. The molecule has 1 saturated heterocycles. The Labute approximate surface area is 144 Å². The number of hydrogen-bond acceptors (Lipinski definition) is 3. The summed E-state index contributed by atoms with van der Waals surface area (Å²) >= 11 is 0. The van der Waals surface area contributed by atoms with Crippen molar-refractivity contribution in [1.29, 1.82) is 0 Å².